The maximum absolute atomic E-state index is 12.1. The van der Waals surface area contributed by atoms with Crippen molar-refractivity contribution in [1.82, 2.24) is 10.6 Å². The molecule has 0 unspecified atom stereocenters. The van der Waals surface area contributed by atoms with E-state index >= 15 is 0 Å². The number of ether oxygens (including phenoxy) is 2. The minimum absolute atomic E-state index is 0.353. The molecule has 0 heterocycles. The Balaban J connectivity index is 1.68. The van der Waals surface area contributed by atoms with Crippen molar-refractivity contribution in [2.45, 2.75) is 33.6 Å². The van der Waals surface area contributed by atoms with Gasteiger partial charge in [-0.05, 0) is 67.8 Å². The number of benzene rings is 2. The summed E-state index contributed by atoms with van der Waals surface area (Å²) in [4.78, 5) is 47.6. The second-order valence-corrected chi connectivity index (χ2v) is 7.37. The van der Waals surface area contributed by atoms with Crippen molar-refractivity contribution in [1.29, 1.82) is 0 Å². The van der Waals surface area contributed by atoms with Gasteiger partial charge in [-0.15, -0.1) is 0 Å². The number of carbonyl (C=O) groups is 4. The molecule has 0 spiro atoms. The van der Waals surface area contributed by atoms with Gasteiger partial charge in [0.05, 0.1) is 6.61 Å². The van der Waals surface area contributed by atoms with Gasteiger partial charge in [0.1, 0.15) is 12.3 Å². The number of carbonyl (C=O) groups excluding carboxylic acids is 4. The Bertz CT molecular complexity index is 988. The number of anilines is 1. The maximum Gasteiger partial charge on any atom is 0.325 e. The van der Waals surface area contributed by atoms with E-state index < -0.39 is 37.0 Å². The van der Waals surface area contributed by atoms with E-state index in [4.69, 9.17) is 9.47 Å². The summed E-state index contributed by atoms with van der Waals surface area (Å²) in [5, 5.41) is 7.01. The number of esters is 1. The van der Waals surface area contributed by atoms with E-state index in [2.05, 4.69) is 22.9 Å². The highest BCUT2D eigenvalue weighted by Gasteiger charge is 2.13. The summed E-state index contributed by atoms with van der Waals surface area (Å²) in [6.45, 7) is 5.45. The predicted octanol–water partition coefficient (Wildman–Crippen LogP) is 3.10. The molecule has 4 amide bonds. The van der Waals surface area contributed by atoms with Gasteiger partial charge in [-0.25, -0.2) is 4.79 Å². The van der Waals surface area contributed by atoms with Gasteiger partial charge in [0, 0.05) is 11.3 Å². The Morgan fingerprint density at radius 3 is 2.33 bits per heavy atom. The van der Waals surface area contributed by atoms with Crippen LogP contribution in [-0.2, 0) is 14.3 Å². The maximum atomic E-state index is 12.1. The highest BCUT2D eigenvalue weighted by Crippen LogP contribution is 2.14. The number of hydrogen-bond acceptors (Lipinski definition) is 6. The number of urea groups is 1. The molecule has 9 nitrogen and oxygen atoms in total. The van der Waals surface area contributed by atoms with E-state index in [0.717, 1.165) is 24.0 Å². The zero-order chi connectivity index (χ0) is 24.2. The average Bonchev–Trinajstić information content (AvgIpc) is 2.79. The van der Waals surface area contributed by atoms with Crippen LogP contribution in [-0.4, -0.2) is 43.6 Å². The molecule has 2 aromatic rings. The first kappa shape index (κ1) is 25.4. The van der Waals surface area contributed by atoms with Gasteiger partial charge in [0.15, 0.2) is 6.61 Å². The van der Waals surface area contributed by atoms with Crippen molar-refractivity contribution in [3.8, 4) is 5.75 Å². The molecule has 0 saturated heterocycles. The Morgan fingerprint density at radius 2 is 1.67 bits per heavy atom. The molecule has 0 aliphatic carbocycles. The number of aryl methyl sites for hydroxylation is 2. The van der Waals surface area contributed by atoms with Crippen LogP contribution in [0.25, 0.3) is 0 Å². The SMILES string of the molecule is CCCCOc1ccc(C(=O)NCC(=O)OCC(=O)NC(=O)Nc2ccc(C)c(C)c2)cc1. The third-order valence-corrected chi connectivity index (χ3v) is 4.66. The molecule has 2 aromatic carbocycles. The molecule has 0 aromatic heterocycles. The first-order valence-electron chi connectivity index (χ1n) is 10.6. The molecule has 33 heavy (non-hydrogen) atoms. The van der Waals surface area contributed by atoms with Crippen molar-refractivity contribution >= 4 is 29.5 Å². The monoisotopic (exact) mass is 455 g/mol. The zero-order valence-corrected chi connectivity index (χ0v) is 19.0. The first-order valence-corrected chi connectivity index (χ1v) is 10.6. The molecule has 176 valence electrons. The molecule has 0 fully saturated rings. The molecular weight excluding hydrogens is 426 g/mol. The standard InChI is InChI=1S/C24H29N3O6/c1-4-5-12-32-20-10-7-18(8-11-20)23(30)25-14-22(29)33-15-21(28)27-24(31)26-19-9-6-16(2)17(3)13-19/h6-11,13H,4-5,12,14-15H2,1-3H3,(H,25,30)(H2,26,27,28,31). The van der Waals surface area contributed by atoms with Crippen molar-refractivity contribution in [2.24, 2.45) is 0 Å². The zero-order valence-electron chi connectivity index (χ0n) is 19.0. The van der Waals surface area contributed by atoms with Crippen LogP contribution in [0.1, 0.15) is 41.3 Å². The van der Waals surface area contributed by atoms with Gasteiger partial charge >= 0.3 is 12.0 Å². The summed E-state index contributed by atoms with van der Waals surface area (Å²) < 4.78 is 10.3. The molecule has 9 heteroatoms. The normalized spacial score (nSPS) is 10.2. The van der Waals surface area contributed by atoms with E-state index in [-0.39, 0.29) is 0 Å². The second-order valence-electron chi connectivity index (χ2n) is 7.37. The lowest BCUT2D eigenvalue weighted by Crippen LogP contribution is -2.38. The summed E-state index contributed by atoms with van der Waals surface area (Å²) in [5.41, 5.74) is 2.95. The van der Waals surface area contributed by atoms with Crippen LogP contribution in [0.15, 0.2) is 42.5 Å². The minimum atomic E-state index is -0.812. The van der Waals surface area contributed by atoms with Crippen molar-refractivity contribution < 1.29 is 28.7 Å². The van der Waals surface area contributed by atoms with Gasteiger partial charge in [0.2, 0.25) is 0 Å². The number of imide groups is 1. The summed E-state index contributed by atoms with van der Waals surface area (Å²) >= 11 is 0. The van der Waals surface area contributed by atoms with E-state index in [1.165, 1.54) is 0 Å². The topological polar surface area (TPSA) is 123 Å². The second kappa shape index (κ2) is 12.8. The largest absolute Gasteiger partial charge is 0.494 e. The summed E-state index contributed by atoms with van der Waals surface area (Å²) in [6.07, 6.45) is 1.97. The fourth-order valence-corrected chi connectivity index (χ4v) is 2.63. The van der Waals surface area contributed by atoms with E-state index in [1.807, 2.05) is 19.9 Å². The van der Waals surface area contributed by atoms with Gasteiger partial charge in [0.25, 0.3) is 11.8 Å². The van der Waals surface area contributed by atoms with Gasteiger partial charge in [-0.2, -0.15) is 0 Å². The molecule has 0 saturated carbocycles. The van der Waals surface area contributed by atoms with Gasteiger partial charge < -0.3 is 20.1 Å². The number of unbranched alkanes of at least 4 members (excludes halogenated alkanes) is 1. The lowest BCUT2D eigenvalue weighted by atomic mass is 10.1. The fraction of sp³-hybridized carbons (Fsp3) is 0.333. The van der Waals surface area contributed by atoms with Crippen LogP contribution in [0, 0.1) is 13.8 Å². The van der Waals surface area contributed by atoms with E-state index in [9.17, 15) is 19.2 Å². The van der Waals surface area contributed by atoms with Crippen LogP contribution in [0.2, 0.25) is 0 Å². The molecule has 0 atom stereocenters. The fourth-order valence-electron chi connectivity index (χ4n) is 2.63. The minimum Gasteiger partial charge on any atom is -0.494 e. The number of amides is 4. The molecule has 0 radical (unpaired) electrons. The highest BCUT2D eigenvalue weighted by molar-refractivity contribution is 6.02. The number of hydrogen-bond donors (Lipinski definition) is 3. The van der Waals surface area contributed by atoms with Crippen LogP contribution in [0.3, 0.4) is 0 Å². The van der Waals surface area contributed by atoms with Crippen LogP contribution in [0.4, 0.5) is 10.5 Å². The van der Waals surface area contributed by atoms with Crippen molar-refractivity contribution in [2.75, 3.05) is 25.1 Å². The lowest BCUT2D eigenvalue weighted by Gasteiger charge is -2.09. The Labute approximate surface area is 192 Å². The smallest absolute Gasteiger partial charge is 0.325 e. The highest BCUT2D eigenvalue weighted by atomic mass is 16.5. The Kier molecular flexibility index (Phi) is 9.88. The van der Waals surface area contributed by atoms with Crippen molar-refractivity contribution in [3.05, 3.63) is 59.2 Å². The number of rotatable bonds is 10. The average molecular weight is 456 g/mol. The molecule has 0 aliphatic rings. The third kappa shape index (κ3) is 9.02. The Morgan fingerprint density at radius 1 is 0.939 bits per heavy atom. The van der Waals surface area contributed by atoms with Crippen LogP contribution < -0.4 is 20.7 Å². The molecule has 0 aliphatic heterocycles. The molecule has 3 N–H and O–H groups in total. The number of nitrogens with one attached hydrogen (secondary N) is 3. The quantitative estimate of drug-likeness (QED) is 0.374. The van der Waals surface area contributed by atoms with E-state index in [1.54, 1.807) is 36.4 Å². The van der Waals surface area contributed by atoms with Crippen molar-refractivity contribution in [3.63, 3.8) is 0 Å². The molecular formula is C24H29N3O6. The molecule has 0 bridgehead atoms. The summed E-state index contributed by atoms with van der Waals surface area (Å²) in [5.74, 6) is -1.42. The molecule has 2 rings (SSSR count). The third-order valence-electron chi connectivity index (χ3n) is 4.66. The summed E-state index contributed by atoms with van der Waals surface area (Å²) in [6, 6.07) is 11.1. The first-order chi connectivity index (χ1) is 15.8. The van der Waals surface area contributed by atoms with Gasteiger partial charge in [-0.3, -0.25) is 19.7 Å². The van der Waals surface area contributed by atoms with Gasteiger partial charge in [-0.1, -0.05) is 19.4 Å². The lowest BCUT2D eigenvalue weighted by molar-refractivity contribution is -0.147. The van der Waals surface area contributed by atoms with E-state index in [0.29, 0.717) is 23.6 Å². The van der Waals surface area contributed by atoms with Crippen LogP contribution in [0.5, 0.6) is 5.75 Å². The van der Waals surface area contributed by atoms with Crippen LogP contribution >= 0.6 is 0 Å². The Hall–Kier alpha value is -3.88. The summed E-state index contributed by atoms with van der Waals surface area (Å²) in [7, 11) is 0. The predicted molar refractivity (Wildman–Crippen MR) is 123 cm³/mol.